The Morgan fingerprint density at radius 3 is 2.61 bits per heavy atom. The van der Waals surface area contributed by atoms with Crippen LogP contribution in [0.2, 0.25) is 0 Å². The fourth-order valence-electron chi connectivity index (χ4n) is 2.22. The number of rotatable bonds is 4. The normalized spacial score (nSPS) is 14.8. The molecule has 1 aromatic rings. The third-order valence-electron chi connectivity index (χ3n) is 3.74. The zero-order chi connectivity index (χ0) is 16.9. The lowest BCUT2D eigenvalue weighted by Gasteiger charge is -2.19. The summed E-state index contributed by atoms with van der Waals surface area (Å²) in [7, 11) is 0. The van der Waals surface area contributed by atoms with Crippen molar-refractivity contribution < 1.29 is 9.59 Å². The van der Waals surface area contributed by atoms with Gasteiger partial charge in [-0.3, -0.25) is 9.59 Å². The molecule has 0 atom stereocenters. The third-order valence-corrected chi connectivity index (χ3v) is 3.74. The van der Waals surface area contributed by atoms with E-state index in [1.165, 1.54) is 5.57 Å². The fourth-order valence-corrected chi connectivity index (χ4v) is 2.22. The molecule has 5 heteroatoms. The maximum Gasteiger partial charge on any atom is 0.253 e. The number of nitrogens with one attached hydrogen (secondary N) is 3. The summed E-state index contributed by atoms with van der Waals surface area (Å²) in [5.74, 6) is -0.284. The fraction of sp³-hybridized carbons (Fsp3) is 0.444. The van der Waals surface area contributed by atoms with E-state index in [0.717, 1.165) is 19.5 Å². The first-order valence-corrected chi connectivity index (χ1v) is 7.95. The summed E-state index contributed by atoms with van der Waals surface area (Å²) < 4.78 is 0. The van der Waals surface area contributed by atoms with Crippen molar-refractivity contribution in [1.29, 1.82) is 0 Å². The van der Waals surface area contributed by atoms with Crippen LogP contribution in [0.15, 0.2) is 35.9 Å². The molecule has 2 rings (SSSR count). The Balaban J connectivity index is 2.05. The van der Waals surface area contributed by atoms with E-state index in [2.05, 4.69) is 22.0 Å². The van der Waals surface area contributed by atoms with E-state index in [1.54, 1.807) is 18.2 Å². The zero-order valence-electron chi connectivity index (χ0n) is 14.0. The van der Waals surface area contributed by atoms with E-state index in [1.807, 2.05) is 26.8 Å². The molecule has 0 saturated carbocycles. The lowest BCUT2D eigenvalue weighted by molar-refractivity contribution is -0.123. The Labute approximate surface area is 137 Å². The second-order valence-corrected chi connectivity index (χ2v) is 6.75. The van der Waals surface area contributed by atoms with E-state index in [-0.39, 0.29) is 11.8 Å². The smallest absolute Gasteiger partial charge is 0.253 e. The average Bonchev–Trinajstić information content (AvgIpc) is 2.53. The van der Waals surface area contributed by atoms with Crippen LogP contribution in [0, 0.1) is 5.41 Å². The molecular weight excluding hydrogens is 290 g/mol. The number of para-hydroxylation sites is 1. The van der Waals surface area contributed by atoms with E-state index >= 15 is 0 Å². The third kappa shape index (κ3) is 4.93. The predicted molar refractivity (Wildman–Crippen MR) is 92.4 cm³/mol. The number of hydrogen-bond donors (Lipinski definition) is 3. The molecule has 0 bridgehead atoms. The van der Waals surface area contributed by atoms with Gasteiger partial charge < -0.3 is 16.0 Å². The van der Waals surface area contributed by atoms with Crippen molar-refractivity contribution in [3.63, 3.8) is 0 Å². The van der Waals surface area contributed by atoms with Crippen LogP contribution in [0.4, 0.5) is 5.69 Å². The van der Waals surface area contributed by atoms with Gasteiger partial charge >= 0.3 is 0 Å². The first-order valence-electron chi connectivity index (χ1n) is 7.95. The first-order chi connectivity index (χ1) is 10.9. The zero-order valence-corrected chi connectivity index (χ0v) is 14.0. The predicted octanol–water partition coefficient (Wildman–Crippen LogP) is 2.32. The van der Waals surface area contributed by atoms with Crippen LogP contribution in [-0.4, -0.2) is 31.4 Å². The summed E-state index contributed by atoms with van der Waals surface area (Å²) in [4.78, 5) is 24.6. The lowest BCUT2D eigenvalue weighted by Crippen LogP contribution is -2.31. The van der Waals surface area contributed by atoms with Crippen molar-refractivity contribution in [2.45, 2.75) is 27.2 Å². The molecule has 1 aromatic carbocycles. The number of carbonyl (C=O) groups excluding carboxylic acids is 2. The molecule has 1 aliphatic heterocycles. The van der Waals surface area contributed by atoms with Crippen LogP contribution in [0.3, 0.4) is 0 Å². The number of amides is 2. The highest BCUT2D eigenvalue weighted by molar-refractivity contribution is 6.04. The quantitative estimate of drug-likeness (QED) is 0.747. The highest BCUT2D eigenvalue weighted by Crippen LogP contribution is 2.20. The van der Waals surface area contributed by atoms with Gasteiger partial charge in [-0.05, 0) is 25.1 Å². The summed E-state index contributed by atoms with van der Waals surface area (Å²) in [6.07, 6.45) is 3.06. The molecule has 0 radical (unpaired) electrons. The van der Waals surface area contributed by atoms with Crippen molar-refractivity contribution >= 4 is 17.5 Å². The van der Waals surface area contributed by atoms with Gasteiger partial charge in [-0.25, -0.2) is 0 Å². The first kappa shape index (κ1) is 17.2. The van der Waals surface area contributed by atoms with Gasteiger partial charge in [0.2, 0.25) is 5.91 Å². The molecule has 2 amide bonds. The minimum absolute atomic E-state index is 0.112. The Morgan fingerprint density at radius 1 is 1.22 bits per heavy atom. The monoisotopic (exact) mass is 315 g/mol. The summed E-state index contributed by atoms with van der Waals surface area (Å²) in [5, 5.41) is 9.02. The standard InChI is InChI=1S/C18H25N3O2/c1-18(2,3)17(23)21-15-7-5-4-6-14(15)16(22)20-12-13-8-10-19-11-9-13/h4-8,19H,9-12H2,1-3H3,(H,20,22)(H,21,23). The summed E-state index contributed by atoms with van der Waals surface area (Å²) in [5.41, 5.74) is 1.75. The van der Waals surface area contributed by atoms with Crippen LogP contribution in [0.25, 0.3) is 0 Å². The summed E-state index contributed by atoms with van der Waals surface area (Å²) in [6.45, 7) is 7.86. The highest BCUT2D eigenvalue weighted by Gasteiger charge is 2.23. The van der Waals surface area contributed by atoms with Gasteiger partial charge in [-0.15, -0.1) is 0 Å². The van der Waals surface area contributed by atoms with E-state index in [0.29, 0.717) is 17.8 Å². The Morgan fingerprint density at radius 2 is 1.96 bits per heavy atom. The maximum absolute atomic E-state index is 12.4. The molecule has 1 aliphatic rings. The molecule has 0 unspecified atom stereocenters. The minimum Gasteiger partial charge on any atom is -0.348 e. The maximum atomic E-state index is 12.4. The largest absolute Gasteiger partial charge is 0.348 e. The topological polar surface area (TPSA) is 70.2 Å². The summed E-state index contributed by atoms with van der Waals surface area (Å²) >= 11 is 0. The highest BCUT2D eigenvalue weighted by atomic mass is 16.2. The number of benzene rings is 1. The van der Waals surface area contributed by atoms with E-state index in [4.69, 9.17) is 0 Å². The van der Waals surface area contributed by atoms with Gasteiger partial charge in [-0.2, -0.15) is 0 Å². The Kier molecular flexibility index (Phi) is 5.55. The molecule has 3 N–H and O–H groups in total. The Hall–Kier alpha value is -2.14. The van der Waals surface area contributed by atoms with Crippen molar-refractivity contribution in [3.8, 4) is 0 Å². The lowest BCUT2D eigenvalue weighted by atomic mass is 9.95. The molecule has 0 fully saturated rings. The molecule has 0 aliphatic carbocycles. The SMILES string of the molecule is CC(C)(C)C(=O)Nc1ccccc1C(=O)NCC1=CCNCC1. The summed E-state index contributed by atoms with van der Waals surface area (Å²) in [6, 6.07) is 7.09. The molecule has 1 heterocycles. The van der Waals surface area contributed by atoms with Crippen molar-refractivity contribution in [3.05, 3.63) is 41.5 Å². The molecule has 5 nitrogen and oxygen atoms in total. The van der Waals surface area contributed by atoms with Crippen LogP contribution in [0.1, 0.15) is 37.6 Å². The van der Waals surface area contributed by atoms with Crippen LogP contribution in [0.5, 0.6) is 0 Å². The second-order valence-electron chi connectivity index (χ2n) is 6.75. The molecule has 0 spiro atoms. The van der Waals surface area contributed by atoms with Gasteiger partial charge in [0.15, 0.2) is 0 Å². The second kappa shape index (κ2) is 7.42. The number of carbonyl (C=O) groups is 2. The van der Waals surface area contributed by atoms with Gasteiger partial charge in [0.05, 0.1) is 11.3 Å². The van der Waals surface area contributed by atoms with Gasteiger partial charge in [0, 0.05) is 18.5 Å². The molecule has 23 heavy (non-hydrogen) atoms. The average molecular weight is 315 g/mol. The Bertz CT molecular complexity index is 615. The van der Waals surface area contributed by atoms with Crippen LogP contribution >= 0.6 is 0 Å². The van der Waals surface area contributed by atoms with Crippen molar-refractivity contribution in [1.82, 2.24) is 10.6 Å². The van der Waals surface area contributed by atoms with Gasteiger partial charge in [-0.1, -0.05) is 44.6 Å². The van der Waals surface area contributed by atoms with Crippen LogP contribution in [-0.2, 0) is 4.79 Å². The molecular formula is C18H25N3O2. The van der Waals surface area contributed by atoms with E-state index < -0.39 is 5.41 Å². The van der Waals surface area contributed by atoms with Crippen LogP contribution < -0.4 is 16.0 Å². The number of anilines is 1. The van der Waals surface area contributed by atoms with Gasteiger partial charge in [0.1, 0.15) is 0 Å². The number of hydrogen-bond acceptors (Lipinski definition) is 3. The molecule has 0 aromatic heterocycles. The van der Waals surface area contributed by atoms with E-state index in [9.17, 15) is 9.59 Å². The van der Waals surface area contributed by atoms with Crippen molar-refractivity contribution in [2.24, 2.45) is 5.41 Å². The molecule has 0 saturated heterocycles. The van der Waals surface area contributed by atoms with Gasteiger partial charge in [0.25, 0.3) is 5.91 Å². The minimum atomic E-state index is -0.510. The van der Waals surface area contributed by atoms with Crippen molar-refractivity contribution in [2.75, 3.05) is 25.0 Å². The molecule has 124 valence electrons.